The highest BCUT2D eigenvalue weighted by atomic mass is 35.5. The van der Waals surface area contributed by atoms with Crippen LogP contribution in [0.2, 0.25) is 8.67 Å². The second-order valence-corrected chi connectivity index (χ2v) is 5.92. The molecular weight excluding hydrogens is 290 g/mol. The molecule has 0 bridgehead atoms. The largest absolute Gasteiger partial charge is 0.207 e. The molecule has 0 nitrogen and oxygen atoms in total. The zero-order valence-corrected chi connectivity index (χ0v) is 11.0. The Morgan fingerprint density at radius 3 is 2.50 bits per heavy atom. The molecule has 1 unspecified atom stereocenters. The van der Waals surface area contributed by atoms with Gasteiger partial charge in [-0.05, 0) is 23.8 Å². The van der Waals surface area contributed by atoms with Gasteiger partial charge in [-0.3, -0.25) is 0 Å². The predicted molar refractivity (Wildman–Crippen MR) is 68.4 cm³/mol. The van der Waals surface area contributed by atoms with E-state index in [1.54, 1.807) is 18.2 Å². The SMILES string of the molecule is Fc1cccc(C(Cl)c2cc(Cl)sc2Cl)c1. The molecule has 0 fully saturated rings. The molecule has 0 N–H and O–H groups in total. The molecule has 0 aliphatic rings. The van der Waals surface area contributed by atoms with Gasteiger partial charge in [-0.15, -0.1) is 22.9 Å². The van der Waals surface area contributed by atoms with Crippen LogP contribution in [0.15, 0.2) is 30.3 Å². The van der Waals surface area contributed by atoms with Gasteiger partial charge in [0, 0.05) is 5.56 Å². The van der Waals surface area contributed by atoms with Crippen molar-refractivity contribution < 1.29 is 4.39 Å². The lowest BCUT2D eigenvalue weighted by Crippen LogP contribution is -1.92. The number of thiophene rings is 1. The van der Waals surface area contributed by atoms with E-state index in [1.165, 1.54) is 23.5 Å². The van der Waals surface area contributed by atoms with Gasteiger partial charge < -0.3 is 0 Å². The highest BCUT2D eigenvalue weighted by Gasteiger charge is 2.17. The van der Waals surface area contributed by atoms with E-state index in [4.69, 9.17) is 34.8 Å². The lowest BCUT2D eigenvalue weighted by molar-refractivity contribution is 0.626. The summed E-state index contributed by atoms with van der Waals surface area (Å²) in [5.41, 5.74) is 1.38. The second kappa shape index (κ2) is 4.92. The molecule has 1 atom stereocenters. The molecule has 0 aliphatic heterocycles. The quantitative estimate of drug-likeness (QED) is 0.640. The Morgan fingerprint density at radius 2 is 1.94 bits per heavy atom. The van der Waals surface area contributed by atoms with Gasteiger partial charge in [0.05, 0.1) is 14.0 Å². The van der Waals surface area contributed by atoms with Crippen molar-refractivity contribution in [2.24, 2.45) is 0 Å². The van der Waals surface area contributed by atoms with Crippen molar-refractivity contribution in [3.8, 4) is 0 Å². The first-order valence-corrected chi connectivity index (χ1v) is 6.43. The summed E-state index contributed by atoms with van der Waals surface area (Å²) in [4.78, 5) is 0. The van der Waals surface area contributed by atoms with Crippen molar-refractivity contribution in [2.45, 2.75) is 5.38 Å². The first-order valence-electron chi connectivity index (χ1n) is 4.42. The molecule has 1 aromatic carbocycles. The average Bonchev–Trinajstić information content (AvgIpc) is 2.57. The normalized spacial score (nSPS) is 12.8. The number of hydrogen-bond acceptors (Lipinski definition) is 1. The standard InChI is InChI=1S/C11H6Cl3FS/c12-9-5-8(11(14)16-9)10(13)6-2-1-3-7(15)4-6/h1-5,10H. The van der Waals surface area contributed by atoms with Gasteiger partial charge in [-0.25, -0.2) is 4.39 Å². The summed E-state index contributed by atoms with van der Waals surface area (Å²) in [7, 11) is 0. The Labute approximate surface area is 112 Å². The molecule has 5 heteroatoms. The van der Waals surface area contributed by atoms with Crippen molar-refractivity contribution >= 4 is 46.1 Å². The highest BCUT2D eigenvalue weighted by molar-refractivity contribution is 7.20. The van der Waals surface area contributed by atoms with Gasteiger partial charge in [0.2, 0.25) is 0 Å². The van der Waals surface area contributed by atoms with Gasteiger partial charge >= 0.3 is 0 Å². The van der Waals surface area contributed by atoms with E-state index in [9.17, 15) is 4.39 Å². The van der Waals surface area contributed by atoms with Crippen LogP contribution in [0.1, 0.15) is 16.5 Å². The van der Waals surface area contributed by atoms with Crippen molar-refractivity contribution in [2.75, 3.05) is 0 Å². The van der Waals surface area contributed by atoms with Gasteiger partial charge in [0.25, 0.3) is 0 Å². The van der Waals surface area contributed by atoms with E-state index in [1.807, 2.05) is 0 Å². The topological polar surface area (TPSA) is 0 Å². The minimum atomic E-state index is -0.480. The molecule has 1 heterocycles. The van der Waals surface area contributed by atoms with Crippen LogP contribution < -0.4 is 0 Å². The fraction of sp³-hybridized carbons (Fsp3) is 0.0909. The molecule has 0 spiro atoms. The average molecular weight is 296 g/mol. The van der Waals surface area contributed by atoms with Crippen LogP contribution in [0.5, 0.6) is 0 Å². The maximum atomic E-state index is 13.0. The zero-order chi connectivity index (χ0) is 11.7. The van der Waals surface area contributed by atoms with E-state index in [0.29, 0.717) is 19.8 Å². The summed E-state index contributed by atoms with van der Waals surface area (Å²) in [6, 6.07) is 7.83. The number of hydrogen-bond donors (Lipinski definition) is 0. The minimum absolute atomic E-state index is 0.319. The number of halogens is 4. The van der Waals surface area contributed by atoms with E-state index in [2.05, 4.69) is 0 Å². The predicted octanol–water partition coefficient (Wildman–Crippen LogP) is 5.52. The molecule has 16 heavy (non-hydrogen) atoms. The monoisotopic (exact) mass is 294 g/mol. The first-order chi connectivity index (χ1) is 7.58. The molecule has 0 aliphatic carbocycles. The smallest absolute Gasteiger partial charge is 0.123 e. The van der Waals surface area contributed by atoms with Crippen LogP contribution in [0.3, 0.4) is 0 Å². The van der Waals surface area contributed by atoms with Gasteiger partial charge in [0.1, 0.15) is 5.82 Å². The summed E-state index contributed by atoms with van der Waals surface area (Å²) in [5.74, 6) is -0.319. The van der Waals surface area contributed by atoms with Gasteiger partial charge in [-0.2, -0.15) is 0 Å². The summed E-state index contributed by atoms with van der Waals surface area (Å²) in [6.07, 6.45) is 0. The zero-order valence-electron chi connectivity index (χ0n) is 7.88. The van der Waals surface area contributed by atoms with E-state index >= 15 is 0 Å². The van der Waals surface area contributed by atoms with Crippen molar-refractivity contribution in [1.29, 1.82) is 0 Å². The lowest BCUT2D eigenvalue weighted by atomic mass is 10.1. The fourth-order valence-corrected chi connectivity index (χ4v) is 3.33. The Morgan fingerprint density at radius 1 is 1.19 bits per heavy atom. The Balaban J connectivity index is 2.38. The van der Waals surface area contributed by atoms with Crippen molar-refractivity contribution in [3.63, 3.8) is 0 Å². The third-order valence-electron chi connectivity index (χ3n) is 2.10. The Kier molecular flexibility index (Phi) is 3.75. The third kappa shape index (κ3) is 2.51. The molecule has 2 aromatic rings. The Bertz CT molecular complexity index is 510. The molecule has 0 saturated carbocycles. The maximum Gasteiger partial charge on any atom is 0.123 e. The van der Waals surface area contributed by atoms with Crippen LogP contribution in [-0.2, 0) is 0 Å². The Hall–Kier alpha value is -0.280. The fourth-order valence-electron chi connectivity index (χ4n) is 1.37. The molecule has 0 radical (unpaired) electrons. The van der Waals surface area contributed by atoms with Crippen molar-refractivity contribution in [3.05, 3.63) is 55.9 Å². The van der Waals surface area contributed by atoms with E-state index in [-0.39, 0.29) is 5.82 Å². The van der Waals surface area contributed by atoms with Gasteiger partial charge in [0.15, 0.2) is 0 Å². The second-order valence-electron chi connectivity index (χ2n) is 3.20. The summed E-state index contributed by atoms with van der Waals surface area (Å²) in [5, 5.41) is -0.480. The minimum Gasteiger partial charge on any atom is -0.207 e. The number of benzene rings is 1. The molecular formula is C11H6Cl3FS. The highest BCUT2D eigenvalue weighted by Crippen LogP contribution is 2.40. The van der Waals surface area contributed by atoms with Crippen LogP contribution >= 0.6 is 46.1 Å². The lowest BCUT2D eigenvalue weighted by Gasteiger charge is -2.08. The molecule has 1 aromatic heterocycles. The maximum absolute atomic E-state index is 13.0. The summed E-state index contributed by atoms with van der Waals surface area (Å²) >= 11 is 19.3. The molecule has 0 amide bonds. The number of alkyl halides is 1. The van der Waals surface area contributed by atoms with E-state index < -0.39 is 5.38 Å². The first kappa shape index (κ1) is 12.2. The summed E-state index contributed by atoms with van der Waals surface area (Å²) < 4.78 is 14.1. The molecule has 0 saturated heterocycles. The molecule has 2 rings (SSSR count). The van der Waals surface area contributed by atoms with Gasteiger partial charge in [-0.1, -0.05) is 35.3 Å². The van der Waals surface area contributed by atoms with Crippen LogP contribution in [0, 0.1) is 5.82 Å². The van der Waals surface area contributed by atoms with E-state index in [0.717, 1.165) is 0 Å². The van der Waals surface area contributed by atoms with Crippen LogP contribution in [0.4, 0.5) is 4.39 Å². The van der Waals surface area contributed by atoms with Crippen molar-refractivity contribution in [1.82, 2.24) is 0 Å². The van der Waals surface area contributed by atoms with Crippen LogP contribution in [0.25, 0.3) is 0 Å². The number of rotatable bonds is 2. The molecule has 84 valence electrons. The van der Waals surface area contributed by atoms with Crippen LogP contribution in [-0.4, -0.2) is 0 Å². The summed E-state index contributed by atoms with van der Waals surface area (Å²) in [6.45, 7) is 0. The third-order valence-corrected chi connectivity index (χ3v) is 4.10.